The zero-order valence-corrected chi connectivity index (χ0v) is 10.7. The molecule has 3 rings (SSSR count). The molecular weight excluding hydrogens is 242 g/mol. The zero-order valence-electron chi connectivity index (χ0n) is 10.7. The van der Waals surface area contributed by atoms with Crippen LogP contribution >= 0.6 is 0 Å². The van der Waals surface area contributed by atoms with Gasteiger partial charge in [0.05, 0.1) is 17.8 Å². The van der Waals surface area contributed by atoms with Crippen LogP contribution in [0.5, 0.6) is 0 Å². The third-order valence-electron chi connectivity index (χ3n) is 3.11. The standard InChI is InChI=1S/C13H13N5O/c1-8(16-17-14)7-18-13-10(6-15-18)3-4-12-11(13)5-9(2)19-12/h3-6,8H,7H2,1-2H3/t8-/m0/s1. The van der Waals surface area contributed by atoms with E-state index in [1.165, 1.54) is 0 Å². The van der Waals surface area contributed by atoms with Crippen molar-refractivity contribution in [1.82, 2.24) is 9.78 Å². The van der Waals surface area contributed by atoms with Gasteiger partial charge in [0.25, 0.3) is 0 Å². The van der Waals surface area contributed by atoms with E-state index in [1.54, 1.807) is 0 Å². The van der Waals surface area contributed by atoms with Crippen molar-refractivity contribution in [2.45, 2.75) is 26.4 Å². The highest BCUT2D eigenvalue weighted by Crippen LogP contribution is 2.28. The van der Waals surface area contributed by atoms with Crippen molar-refractivity contribution in [3.05, 3.63) is 40.6 Å². The maximum Gasteiger partial charge on any atom is 0.136 e. The van der Waals surface area contributed by atoms with Crippen LogP contribution < -0.4 is 0 Å². The number of aromatic nitrogens is 2. The SMILES string of the molecule is Cc1cc2c(ccc3cnn(C[C@H](C)N=[N+]=[N-])c32)o1. The summed E-state index contributed by atoms with van der Waals surface area (Å²) in [6.07, 6.45) is 1.82. The molecule has 0 spiro atoms. The first-order valence-electron chi connectivity index (χ1n) is 6.08. The monoisotopic (exact) mass is 255 g/mol. The molecule has 2 heterocycles. The second kappa shape index (κ2) is 4.33. The van der Waals surface area contributed by atoms with Gasteiger partial charge in [0, 0.05) is 22.2 Å². The summed E-state index contributed by atoms with van der Waals surface area (Å²) in [5.74, 6) is 0.873. The van der Waals surface area contributed by atoms with E-state index in [0.29, 0.717) is 6.54 Å². The Morgan fingerprint density at radius 1 is 1.53 bits per heavy atom. The summed E-state index contributed by atoms with van der Waals surface area (Å²) < 4.78 is 7.50. The third kappa shape index (κ3) is 1.92. The lowest BCUT2D eigenvalue weighted by Crippen LogP contribution is -2.10. The molecule has 0 saturated carbocycles. The Hall–Kier alpha value is -2.46. The number of azide groups is 1. The minimum atomic E-state index is -0.142. The van der Waals surface area contributed by atoms with Crippen LogP contribution in [0.4, 0.5) is 0 Å². The zero-order chi connectivity index (χ0) is 13.4. The summed E-state index contributed by atoms with van der Waals surface area (Å²) in [7, 11) is 0. The molecule has 0 fully saturated rings. The van der Waals surface area contributed by atoms with Crippen molar-refractivity contribution in [3.63, 3.8) is 0 Å². The predicted octanol–water partition coefficient (Wildman–Crippen LogP) is 3.79. The molecule has 19 heavy (non-hydrogen) atoms. The smallest absolute Gasteiger partial charge is 0.136 e. The van der Waals surface area contributed by atoms with Crippen LogP contribution in [0.1, 0.15) is 12.7 Å². The largest absolute Gasteiger partial charge is 0.461 e. The Kier molecular flexibility index (Phi) is 2.65. The molecule has 96 valence electrons. The van der Waals surface area contributed by atoms with Crippen molar-refractivity contribution in [1.29, 1.82) is 0 Å². The van der Waals surface area contributed by atoms with Crippen LogP contribution in [0.25, 0.3) is 32.3 Å². The van der Waals surface area contributed by atoms with E-state index in [1.807, 2.05) is 42.9 Å². The van der Waals surface area contributed by atoms with Gasteiger partial charge in [-0.05, 0) is 30.7 Å². The average molecular weight is 255 g/mol. The fourth-order valence-electron chi connectivity index (χ4n) is 2.34. The van der Waals surface area contributed by atoms with E-state index in [-0.39, 0.29) is 6.04 Å². The molecule has 0 N–H and O–H groups in total. The summed E-state index contributed by atoms with van der Waals surface area (Å²) in [5.41, 5.74) is 10.3. The number of aryl methyl sites for hydroxylation is 1. The first-order valence-corrected chi connectivity index (χ1v) is 6.08. The second-order valence-corrected chi connectivity index (χ2v) is 4.65. The Balaban J connectivity index is 2.19. The Bertz CT molecular complexity index is 794. The fraction of sp³-hybridized carbons (Fsp3) is 0.308. The highest BCUT2D eigenvalue weighted by molar-refractivity contribution is 6.03. The van der Waals surface area contributed by atoms with Gasteiger partial charge in [-0.25, -0.2) is 0 Å². The van der Waals surface area contributed by atoms with Gasteiger partial charge in [0.1, 0.15) is 11.3 Å². The molecule has 0 radical (unpaired) electrons. The summed E-state index contributed by atoms with van der Waals surface area (Å²) in [4.78, 5) is 2.83. The molecule has 0 aliphatic carbocycles. The average Bonchev–Trinajstić information content (AvgIpc) is 2.92. The maximum atomic E-state index is 8.47. The van der Waals surface area contributed by atoms with Gasteiger partial charge in [-0.1, -0.05) is 12.0 Å². The summed E-state index contributed by atoms with van der Waals surface area (Å²) in [6.45, 7) is 4.35. The number of hydrogen-bond acceptors (Lipinski definition) is 3. The van der Waals surface area contributed by atoms with E-state index in [0.717, 1.165) is 27.6 Å². The topological polar surface area (TPSA) is 79.7 Å². The van der Waals surface area contributed by atoms with E-state index in [4.69, 9.17) is 9.95 Å². The summed E-state index contributed by atoms with van der Waals surface area (Å²) in [5, 5.41) is 10.2. The van der Waals surface area contributed by atoms with Crippen molar-refractivity contribution < 1.29 is 4.42 Å². The molecule has 0 bridgehead atoms. The van der Waals surface area contributed by atoms with Crippen molar-refractivity contribution in [2.75, 3.05) is 0 Å². The van der Waals surface area contributed by atoms with Crippen LogP contribution in [-0.4, -0.2) is 15.8 Å². The van der Waals surface area contributed by atoms with Crippen molar-refractivity contribution >= 4 is 21.9 Å². The lowest BCUT2D eigenvalue weighted by atomic mass is 10.2. The number of benzene rings is 1. The number of hydrogen-bond donors (Lipinski definition) is 0. The highest BCUT2D eigenvalue weighted by Gasteiger charge is 2.12. The van der Waals surface area contributed by atoms with Crippen LogP contribution in [0.3, 0.4) is 0 Å². The number of nitrogens with zero attached hydrogens (tertiary/aromatic N) is 5. The van der Waals surface area contributed by atoms with Gasteiger partial charge in [0.2, 0.25) is 0 Å². The third-order valence-corrected chi connectivity index (χ3v) is 3.11. The number of rotatable bonds is 3. The van der Waals surface area contributed by atoms with E-state index in [9.17, 15) is 0 Å². The van der Waals surface area contributed by atoms with Crippen LogP contribution in [0.2, 0.25) is 0 Å². The molecule has 0 aliphatic heterocycles. The molecule has 1 aromatic carbocycles. The van der Waals surface area contributed by atoms with E-state index < -0.39 is 0 Å². The second-order valence-electron chi connectivity index (χ2n) is 4.65. The van der Waals surface area contributed by atoms with E-state index in [2.05, 4.69) is 15.1 Å². The molecule has 0 amide bonds. The van der Waals surface area contributed by atoms with Gasteiger partial charge in [-0.15, -0.1) is 0 Å². The molecule has 2 aromatic heterocycles. The molecule has 0 aliphatic rings. The summed E-state index contributed by atoms with van der Waals surface area (Å²) >= 11 is 0. The molecule has 3 aromatic rings. The quantitative estimate of drug-likeness (QED) is 0.405. The van der Waals surface area contributed by atoms with Gasteiger partial charge in [0.15, 0.2) is 0 Å². The van der Waals surface area contributed by atoms with Crippen LogP contribution in [0, 0.1) is 6.92 Å². The molecular formula is C13H13N5O. The van der Waals surface area contributed by atoms with Gasteiger partial charge in [-0.3, -0.25) is 4.68 Å². The summed E-state index contributed by atoms with van der Waals surface area (Å²) in [6, 6.07) is 5.81. The predicted molar refractivity (Wildman–Crippen MR) is 72.9 cm³/mol. The maximum absolute atomic E-state index is 8.47. The minimum Gasteiger partial charge on any atom is -0.461 e. The Labute approximate surface area is 109 Å². The first kappa shape index (κ1) is 11.6. The first-order chi connectivity index (χ1) is 9.19. The normalized spacial score (nSPS) is 12.7. The molecule has 6 nitrogen and oxygen atoms in total. The van der Waals surface area contributed by atoms with Crippen LogP contribution in [-0.2, 0) is 6.54 Å². The fourth-order valence-corrected chi connectivity index (χ4v) is 2.34. The van der Waals surface area contributed by atoms with E-state index >= 15 is 0 Å². The number of furan rings is 1. The van der Waals surface area contributed by atoms with Crippen molar-refractivity contribution in [2.24, 2.45) is 5.11 Å². The molecule has 6 heteroatoms. The molecule has 0 saturated heterocycles. The lowest BCUT2D eigenvalue weighted by Gasteiger charge is -2.06. The Morgan fingerprint density at radius 3 is 3.16 bits per heavy atom. The highest BCUT2D eigenvalue weighted by atomic mass is 16.3. The van der Waals surface area contributed by atoms with Gasteiger partial charge >= 0.3 is 0 Å². The van der Waals surface area contributed by atoms with Gasteiger partial charge < -0.3 is 4.42 Å². The van der Waals surface area contributed by atoms with Crippen molar-refractivity contribution in [3.8, 4) is 0 Å². The number of fused-ring (bicyclic) bond motifs is 3. The molecule has 1 atom stereocenters. The minimum absolute atomic E-state index is 0.142. The molecule has 0 unspecified atom stereocenters. The Morgan fingerprint density at radius 2 is 2.37 bits per heavy atom. The lowest BCUT2D eigenvalue weighted by molar-refractivity contribution is 0.552. The van der Waals surface area contributed by atoms with Crippen LogP contribution in [0.15, 0.2) is 33.9 Å². The van der Waals surface area contributed by atoms with Gasteiger partial charge in [-0.2, -0.15) is 5.10 Å².